The molecule has 6 heteroatoms. The van der Waals surface area contributed by atoms with Crippen molar-refractivity contribution < 1.29 is 4.74 Å². The van der Waals surface area contributed by atoms with E-state index in [1.165, 1.54) is 19.4 Å². The van der Waals surface area contributed by atoms with E-state index < -0.39 is 0 Å². The largest absolute Gasteiger partial charge is 0.496 e. The average molecular weight is 356 g/mol. The fourth-order valence-corrected chi connectivity index (χ4v) is 3.00. The summed E-state index contributed by atoms with van der Waals surface area (Å²) in [4.78, 5) is 2.54. The number of likely N-dealkylation sites (N-methyl/N-ethyl adjacent to an activating group) is 1. The fraction of sp³-hybridized carbons (Fsp3) is 0.600. The summed E-state index contributed by atoms with van der Waals surface area (Å²) in [5.74, 6) is 0.899. The van der Waals surface area contributed by atoms with Crippen LogP contribution in [0, 0.1) is 0 Å². The molecular formula is C15H25Cl3N2O. The van der Waals surface area contributed by atoms with Gasteiger partial charge in [-0.25, -0.2) is 0 Å². The third-order valence-electron chi connectivity index (χ3n) is 3.84. The molecule has 3 nitrogen and oxygen atoms in total. The van der Waals surface area contributed by atoms with Crippen LogP contribution >= 0.6 is 36.4 Å². The molecule has 0 spiro atoms. The molecule has 1 aliphatic rings. The zero-order valence-electron chi connectivity index (χ0n) is 12.6. The number of ether oxygens (including phenoxy) is 1. The van der Waals surface area contributed by atoms with Gasteiger partial charge in [0.1, 0.15) is 5.75 Å². The maximum Gasteiger partial charge on any atom is 0.123 e. The summed E-state index contributed by atoms with van der Waals surface area (Å²) >= 11 is 6.03. The summed E-state index contributed by atoms with van der Waals surface area (Å²) in [5, 5.41) is 4.29. The quantitative estimate of drug-likeness (QED) is 0.840. The smallest absolute Gasteiger partial charge is 0.123 e. The van der Waals surface area contributed by atoms with Crippen LogP contribution in [0.4, 0.5) is 0 Å². The van der Waals surface area contributed by atoms with Gasteiger partial charge in [-0.2, -0.15) is 0 Å². The Bertz CT molecular complexity index is 418. The van der Waals surface area contributed by atoms with Gasteiger partial charge in [-0.05, 0) is 44.1 Å². The average Bonchev–Trinajstić information content (AvgIpc) is 2.86. The second kappa shape index (κ2) is 10.5. The van der Waals surface area contributed by atoms with Crippen molar-refractivity contribution in [3.05, 3.63) is 28.8 Å². The Morgan fingerprint density at radius 2 is 2.14 bits per heavy atom. The summed E-state index contributed by atoms with van der Waals surface area (Å²) in [5.41, 5.74) is 1.12. The molecule has 2 rings (SSSR count). The number of halogens is 3. The third-order valence-corrected chi connectivity index (χ3v) is 4.08. The van der Waals surface area contributed by atoms with E-state index >= 15 is 0 Å². The highest BCUT2D eigenvalue weighted by Gasteiger charge is 2.22. The van der Waals surface area contributed by atoms with Gasteiger partial charge in [0, 0.05) is 29.7 Å². The van der Waals surface area contributed by atoms with Crippen molar-refractivity contribution >= 4 is 36.4 Å². The van der Waals surface area contributed by atoms with Crippen LogP contribution < -0.4 is 10.1 Å². The standard InChI is InChI=1S/C15H23ClN2O.2ClH/c1-3-18-8-4-5-14(18)11-17-10-12-9-13(16)6-7-15(12)19-2;;/h6-7,9,14,17H,3-5,8,10-11H2,1-2H3;2*1H. The molecule has 0 saturated carbocycles. The maximum atomic E-state index is 6.03. The lowest BCUT2D eigenvalue weighted by Crippen LogP contribution is -2.37. The number of likely N-dealkylation sites (tertiary alicyclic amines) is 1. The molecule has 1 unspecified atom stereocenters. The molecule has 0 aromatic heterocycles. The Morgan fingerprint density at radius 1 is 1.38 bits per heavy atom. The van der Waals surface area contributed by atoms with Crippen molar-refractivity contribution in [2.45, 2.75) is 32.4 Å². The van der Waals surface area contributed by atoms with Crippen LogP contribution in [-0.2, 0) is 6.54 Å². The molecule has 21 heavy (non-hydrogen) atoms. The van der Waals surface area contributed by atoms with Crippen LogP contribution in [0.1, 0.15) is 25.3 Å². The van der Waals surface area contributed by atoms with Crippen molar-refractivity contribution in [3.63, 3.8) is 0 Å². The Morgan fingerprint density at radius 3 is 2.81 bits per heavy atom. The Balaban J connectivity index is 0.00000200. The minimum atomic E-state index is 0. The van der Waals surface area contributed by atoms with Crippen LogP contribution in [0.3, 0.4) is 0 Å². The fourth-order valence-electron chi connectivity index (χ4n) is 2.80. The molecule has 122 valence electrons. The number of hydrogen-bond acceptors (Lipinski definition) is 3. The first kappa shape index (κ1) is 20.8. The number of rotatable bonds is 6. The summed E-state index contributed by atoms with van der Waals surface area (Å²) in [6.45, 7) is 6.45. The van der Waals surface area contributed by atoms with Gasteiger partial charge in [0.2, 0.25) is 0 Å². The molecule has 0 bridgehead atoms. The predicted octanol–water partition coefficient (Wildman–Crippen LogP) is 3.77. The van der Waals surface area contributed by atoms with E-state index in [-0.39, 0.29) is 24.8 Å². The van der Waals surface area contributed by atoms with Crippen molar-refractivity contribution in [1.82, 2.24) is 10.2 Å². The topological polar surface area (TPSA) is 24.5 Å². The molecule has 0 aliphatic carbocycles. The first-order valence-corrected chi connectivity index (χ1v) is 7.39. The van der Waals surface area contributed by atoms with Gasteiger partial charge in [0.05, 0.1) is 7.11 Å². The normalized spacial score (nSPS) is 18.0. The van der Waals surface area contributed by atoms with Crippen LogP contribution in [0.5, 0.6) is 5.75 Å². The van der Waals surface area contributed by atoms with E-state index in [1.54, 1.807) is 7.11 Å². The molecule has 0 amide bonds. The summed E-state index contributed by atoms with van der Waals surface area (Å²) in [6.07, 6.45) is 2.62. The van der Waals surface area contributed by atoms with Gasteiger partial charge in [0.25, 0.3) is 0 Å². The molecule has 1 N–H and O–H groups in total. The first-order valence-electron chi connectivity index (χ1n) is 7.01. The maximum absolute atomic E-state index is 6.03. The van der Waals surface area contributed by atoms with Crippen molar-refractivity contribution in [2.24, 2.45) is 0 Å². The highest BCUT2D eigenvalue weighted by molar-refractivity contribution is 6.30. The Labute approximate surface area is 145 Å². The van der Waals surface area contributed by atoms with Gasteiger partial charge in [0.15, 0.2) is 0 Å². The van der Waals surface area contributed by atoms with E-state index in [9.17, 15) is 0 Å². The minimum Gasteiger partial charge on any atom is -0.496 e. The molecule has 1 aliphatic heterocycles. The predicted molar refractivity (Wildman–Crippen MR) is 94.5 cm³/mol. The molecule has 1 aromatic rings. The molecule has 1 aromatic carbocycles. The molecule has 0 radical (unpaired) electrons. The van der Waals surface area contributed by atoms with Crippen LogP contribution in [0.2, 0.25) is 5.02 Å². The minimum absolute atomic E-state index is 0. The van der Waals surface area contributed by atoms with Crippen LogP contribution in [-0.4, -0.2) is 37.7 Å². The van der Waals surface area contributed by atoms with Gasteiger partial charge >= 0.3 is 0 Å². The number of hydrogen-bond donors (Lipinski definition) is 1. The first-order chi connectivity index (χ1) is 9.24. The van der Waals surface area contributed by atoms with E-state index in [4.69, 9.17) is 16.3 Å². The molecule has 1 heterocycles. The van der Waals surface area contributed by atoms with Gasteiger partial charge in [-0.3, -0.25) is 4.90 Å². The highest BCUT2D eigenvalue weighted by atomic mass is 35.5. The Kier molecular flexibility index (Phi) is 10.4. The Hall–Kier alpha value is -0.190. The van der Waals surface area contributed by atoms with E-state index in [1.807, 2.05) is 18.2 Å². The van der Waals surface area contributed by atoms with Gasteiger partial charge < -0.3 is 10.1 Å². The molecule has 1 saturated heterocycles. The summed E-state index contributed by atoms with van der Waals surface area (Å²) in [7, 11) is 1.70. The molecule has 1 atom stereocenters. The zero-order chi connectivity index (χ0) is 13.7. The van der Waals surface area contributed by atoms with E-state index in [0.717, 1.165) is 36.0 Å². The van der Waals surface area contributed by atoms with Crippen LogP contribution in [0.15, 0.2) is 18.2 Å². The SMILES string of the molecule is CCN1CCCC1CNCc1cc(Cl)ccc1OC.Cl.Cl. The van der Waals surface area contributed by atoms with Gasteiger partial charge in [-0.15, -0.1) is 24.8 Å². The second-order valence-corrected chi connectivity index (χ2v) is 5.45. The van der Waals surface area contributed by atoms with E-state index in [2.05, 4.69) is 17.1 Å². The highest BCUT2D eigenvalue weighted by Crippen LogP contribution is 2.22. The van der Waals surface area contributed by atoms with E-state index in [0.29, 0.717) is 6.04 Å². The number of nitrogens with one attached hydrogen (secondary N) is 1. The lowest BCUT2D eigenvalue weighted by Gasteiger charge is -2.23. The van der Waals surface area contributed by atoms with Crippen molar-refractivity contribution in [3.8, 4) is 5.75 Å². The molecule has 1 fully saturated rings. The van der Waals surface area contributed by atoms with Crippen molar-refractivity contribution in [2.75, 3.05) is 26.7 Å². The monoisotopic (exact) mass is 354 g/mol. The lowest BCUT2D eigenvalue weighted by molar-refractivity contribution is 0.259. The number of methoxy groups -OCH3 is 1. The third kappa shape index (κ3) is 5.84. The summed E-state index contributed by atoms with van der Waals surface area (Å²) < 4.78 is 5.36. The lowest BCUT2D eigenvalue weighted by atomic mass is 10.2. The molecular weight excluding hydrogens is 331 g/mol. The van der Waals surface area contributed by atoms with Crippen molar-refractivity contribution in [1.29, 1.82) is 0 Å². The number of nitrogens with zero attached hydrogens (tertiary/aromatic N) is 1. The zero-order valence-corrected chi connectivity index (χ0v) is 15.0. The second-order valence-electron chi connectivity index (χ2n) is 5.01. The van der Waals surface area contributed by atoms with Gasteiger partial charge in [-0.1, -0.05) is 18.5 Å². The number of benzene rings is 1. The summed E-state index contributed by atoms with van der Waals surface area (Å²) in [6, 6.07) is 6.43. The van der Waals surface area contributed by atoms with Crippen LogP contribution in [0.25, 0.3) is 0 Å².